The van der Waals surface area contributed by atoms with Crippen LogP contribution in [0.25, 0.3) is 0 Å². The molecule has 1 nitrogen and oxygen atoms in total. The van der Waals surface area contributed by atoms with Gasteiger partial charge in [0.05, 0.1) is 6.10 Å². The largest absolute Gasteiger partial charge is 0.389 e. The van der Waals surface area contributed by atoms with Gasteiger partial charge in [-0.05, 0) is 19.8 Å². The van der Waals surface area contributed by atoms with Crippen LogP contribution in [-0.2, 0) is 0 Å². The Balaban J connectivity index is 3.02. The highest BCUT2D eigenvalue weighted by atomic mass is 16.3. The van der Waals surface area contributed by atoms with Crippen molar-refractivity contribution in [3.8, 4) is 0 Å². The molecule has 0 aromatic heterocycles. The third-order valence-electron chi connectivity index (χ3n) is 1.39. The Bertz CT molecular complexity index is 84.7. The number of aliphatic hydroxyl groups excluding tert-OH is 1. The molecular weight excluding hydrogens is 124 g/mol. The Kier molecular flexibility index (Phi) is 6.61. The zero-order valence-corrected chi connectivity index (χ0v) is 7.01. The molecule has 1 atom stereocenters. The molecule has 0 bridgehead atoms. The first kappa shape index (κ1) is 9.70. The van der Waals surface area contributed by atoms with Crippen molar-refractivity contribution in [1.82, 2.24) is 0 Å². The summed E-state index contributed by atoms with van der Waals surface area (Å²) in [5, 5.41) is 8.82. The van der Waals surface area contributed by atoms with Gasteiger partial charge < -0.3 is 5.11 Å². The van der Waals surface area contributed by atoms with E-state index in [1.54, 1.807) is 6.92 Å². The maximum atomic E-state index is 8.82. The molecule has 0 aromatic carbocycles. The first-order valence-electron chi connectivity index (χ1n) is 4.12. The topological polar surface area (TPSA) is 20.2 Å². The lowest BCUT2D eigenvalue weighted by atomic mass is 10.2. The molecule has 0 spiro atoms. The lowest BCUT2D eigenvalue weighted by Crippen LogP contribution is -1.91. The highest BCUT2D eigenvalue weighted by molar-refractivity contribution is 4.85. The fourth-order valence-electron chi connectivity index (χ4n) is 0.805. The van der Waals surface area contributed by atoms with Crippen molar-refractivity contribution in [3.63, 3.8) is 0 Å². The van der Waals surface area contributed by atoms with E-state index in [0.717, 1.165) is 6.42 Å². The molecule has 10 heavy (non-hydrogen) atoms. The smallest absolute Gasteiger partial charge is 0.0692 e. The molecule has 0 aliphatic carbocycles. The quantitative estimate of drug-likeness (QED) is 0.462. The van der Waals surface area contributed by atoms with Gasteiger partial charge in [0.15, 0.2) is 0 Å². The van der Waals surface area contributed by atoms with Crippen molar-refractivity contribution < 1.29 is 5.11 Å². The normalized spacial score (nSPS) is 14.3. The van der Waals surface area contributed by atoms with E-state index in [1.165, 1.54) is 19.3 Å². The highest BCUT2D eigenvalue weighted by Crippen LogP contribution is 1.99. The van der Waals surface area contributed by atoms with E-state index in [0.29, 0.717) is 0 Å². The van der Waals surface area contributed by atoms with E-state index in [-0.39, 0.29) is 6.10 Å². The van der Waals surface area contributed by atoms with Crippen molar-refractivity contribution in [3.05, 3.63) is 12.2 Å². The van der Waals surface area contributed by atoms with E-state index in [4.69, 9.17) is 5.11 Å². The summed E-state index contributed by atoms with van der Waals surface area (Å²) in [5.41, 5.74) is 0. The SMILES string of the molecule is CCCCC/C=C\[C@@H](C)O. The van der Waals surface area contributed by atoms with Gasteiger partial charge in [0.25, 0.3) is 0 Å². The number of hydrogen-bond acceptors (Lipinski definition) is 1. The molecule has 0 unspecified atom stereocenters. The Morgan fingerprint density at radius 2 is 2.10 bits per heavy atom. The summed E-state index contributed by atoms with van der Waals surface area (Å²) >= 11 is 0. The average Bonchev–Trinajstić information content (AvgIpc) is 1.87. The van der Waals surface area contributed by atoms with Crippen molar-refractivity contribution in [2.45, 2.75) is 45.6 Å². The second-order valence-electron chi connectivity index (χ2n) is 2.66. The van der Waals surface area contributed by atoms with E-state index < -0.39 is 0 Å². The molecule has 0 heterocycles. The van der Waals surface area contributed by atoms with Crippen molar-refractivity contribution in [1.29, 1.82) is 0 Å². The van der Waals surface area contributed by atoms with Gasteiger partial charge in [-0.25, -0.2) is 0 Å². The van der Waals surface area contributed by atoms with Crippen LogP contribution in [0.5, 0.6) is 0 Å². The van der Waals surface area contributed by atoms with Crippen LogP contribution in [0.15, 0.2) is 12.2 Å². The number of aliphatic hydroxyl groups is 1. The summed E-state index contributed by atoms with van der Waals surface area (Å²) in [7, 11) is 0. The van der Waals surface area contributed by atoms with Crippen LogP contribution >= 0.6 is 0 Å². The van der Waals surface area contributed by atoms with Gasteiger partial charge in [-0.2, -0.15) is 0 Å². The third kappa shape index (κ3) is 7.70. The summed E-state index contributed by atoms with van der Waals surface area (Å²) in [4.78, 5) is 0. The monoisotopic (exact) mass is 142 g/mol. The molecule has 0 aromatic rings. The minimum absolute atomic E-state index is 0.276. The molecule has 0 saturated heterocycles. The van der Waals surface area contributed by atoms with Crippen molar-refractivity contribution in [2.75, 3.05) is 0 Å². The maximum Gasteiger partial charge on any atom is 0.0692 e. The molecule has 0 aliphatic rings. The zero-order chi connectivity index (χ0) is 7.82. The van der Waals surface area contributed by atoms with Crippen LogP contribution in [0, 0.1) is 0 Å². The summed E-state index contributed by atoms with van der Waals surface area (Å²) in [6, 6.07) is 0. The van der Waals surface area contributed by atoms with Gasteiger partial charge in [-0.3, -0.25) is 0 Å². The second kappa shape index (κ2) is 6.81. The van der Waals surface area contributed by atoms with E-state index >= 15 is 0 Å². The molecule has 0 aliphatic heterocycles. The molecule has 60 valence electrons. The predicted molar refractivity (Wildman–Crippen MR) is 45.0 cm³/mol. The number of unbranched alkanes of at least 4 members (excludes halogenated alkanes) is 3. The van der Waals surface area contributed by atoms with E-state index in [1.807, 2.05) is 6.08 Å². The fraction of sp³-hybridized carbons (Fsp3) is 0.778. The molecular formula is C9H18O. The Morgan fingerprint density at radius 3 is 2.60 bits per heavy atom. The van der Waals surface area contributed by atoms with Crippen molar-refractivity contribution in [2.24, 2.45) is 0 Å². The first-order chi connectivity index (χ1) is 4.77. The van der Waals surface area contributed by atoms with Gasteiger partial charge >= 0.3 is 0 Å². The minimum atomic E-state index is -0.276. The molecule has 1 N–H and O–H groups in total. The third-order valence-corrected chi connectivity index (χ3v) is 1.39. The molecule has 0 rings (SSSR count). The second-order valence-corrected chi connectivity index (χ2v) is 2.66. The van der Waals surface area contributed by atoms with Crippen LogP contribution in [0.2, 0.25) is 0 Å². The highest BCUT2D eigenvalue weighted by Gasteiger charge is 1.84. The number of rotatable bonds is 5. The van der Waals surface area contributed by atoms with Crippen LogP contribution in [0.3, 0.4) is 0 Å². The Labute approximate surface area is 63.8 Å². The number of hydrogen-bond donors (Lipinski definition) is 1. The molecule has 0 fully saturated rings. The molecule has 1 heteroatoms. The van der Waals surface area contributed by atoms with Gasteiger partial charge in [-0.1, -0.05) is 31.9 Å². The summed E-state index contributed by atoms with van der Waals surface area (Å²) < 4.78 is 0. The summed E-state index contributed by atoms with van der Waals surface area (Å²) in [6.07, 6.45) is 8.54. The number of allylic oxidation sites excluding steroid dienone is 1. The van der Waals surface area contributed by atoms with Gasteiger partial charge in [-0.15, -0.1) is 0 Å². The average molecular weight is 142 g/mol. The fourth-order valence-corrected chi connectivity index (χ4v) is 0.805. The Morgan fingerprint density at radius 1 is 1.40 bits per heavy atom. The lowest BCUT2D eigenvalue weighted by Gasteiger charge is -1.93. The van der Waals surface area contributed by atoms with Crippen LogP contribution < -0.4 is 0 Å². The minimum Gasteiger partial charge on any atom is -0.389 e. The Hall–Kier alpha value is -0.300. The van der Waals surface area contributed by atoms with Crippen LogP contribution in [0.4, 0.5) is 0 Å². The van der Waals surface area contributed by atoms with E-state index in [9.17, 15) is 0 Å². The van der Waals surface area contributed by atoms with Crippen LogP contribution in [0.1, 0.15) is 39.5 Å². The standard InChI is InChI=1S/C9H18O/c1-3-4-5-6-7-8-9(2)10/h7-10H,3-6H2,1-2H3/b8-7-/t9-/m1/s1. The van der Waals surface area contributed by atoms with Gasteiger partial charge in [0, 0.05) is 0 Å². The lowest BCUT2D eigenvalue weighted by molar-refractivity contribution is 0.244. The molecule has 0 amide bonds. The van der Waals surface area contributed by atoms with Gasteiger partial charge in [0.1, 0.15) is 0 Å². The maximum absolute atomic E-state index is 8.82. The summed E-state index contributed by atoms with van der Waals surface area (Å²) in [5.74, 6) is 0. The van der Waals surface area contributed by atoms with Crippen molar-refractivity contribution >= 4 is 0 Å². The zero-order valence-electron chi connectivity index (χ0n) is 7.01. The van der Waals surface area contributed by atoms with Crippen LogP contribution in [-0.4, -0.2) is 11.2 Å². The van der Waals surface area contributed by atoms with E-state index in [2.05, 4.69) is 13.0 Å². The first-order valence-corrected chi connectivity index (χ1v) is 4.12. The summed E-state index contributed by atoms with van der Waals surface area (Å²) in [6.45, 7) is 3.97. The molecule has 0 saturated carbocycles. The predicted octanol–water partition coefficient (Wildman–Crippen LogP) is 2.50. The molecule has 0 radical (unpaired) electrons. The van der Waals surface area contributed by atoms with Gasteiger partial charge in [0.2, 0.25) is 0 Å².